The van der Waals surface area contributed by atoms with E-state index in [9.17, 15) is 4.79 Å². The molecule has 0 heterocycles. The normalized spacial score (nSPS) is 11.5. The van der Waals surface area contributed by atoms with Gasteiger partial charge in [0.1, 0.15) is 11.5 Å². The largest absolute Gasteiger partial charge is 0.497 e. The Kier molecular flexibility index (Phi) is 7.13. The van der Waals surface area contributed by atoms with Gasteiger partial charge in [-0.05, 0) is 54.8 Å². The first kappa shape index (κ1) is 19.1. The van der Waals surface area contributed by atoms with E-state index in [1.54, 1.807) is 14.2 Å². The van der Waals surface area contributed by atoms with Gasteiger partial charge in [0.25, 0.3) is 0 Å². The summed E-state index contributed by atoms with van der Waals surface area (Å²) < 4.78 is 11.6. The summed E-state index contributed by atoms with van der Waals surface area (Å²) in [6.45, 7) is 2.45. The number of amides is 2. The Bertz CT molecular complexity index is 722. The molecule has 25 heavy (non-hydrogen) atoms. The van der Waals surface area contributed by atoms with Crippen LogP contribution in [0.25, 0.3) is 0 Å². The van der Waals surface area contributed by atoms with Gasteiger partial charge < -0.3 is 20.1 Å². The molecule has 2 amide bonds. The minimum atomic E-state index is -0.200. The molecule has 6 heteroatoms. The summed E-state index contributed by atoms with van der Waals surface area (Å²) in [6, 6.07) is 13.2. The molecular formula is C19H23BrN2O3. The van der Waals surface area contributed by atoms with E-state index in [2.05, 4.69) is 26.6 Å². The molecule has 0 fully saturated rings. The highest BCUT2D eigenvalue weighted by Gasteiger charge is 2.10. The standard InChI is InChI=1S/C19H23BrN2O3/c1-13(14-5-4-6-16(20)11-14)22-19(23)21-10-9-15-12-17(24-2)7-8-18(15)25-3/h4-8,11-13H,9-10H2,1-3H3,(H2,21,22,23). The zero-order chi connectivity index (χ0) is 18.2. The molecule has 2 N–H and O–H groups in total. The summed E-state index contributed by atoms with van der Waals surface area (Å²) in [5, 5.41) is 5.81. The van der Waals surface area contributed by atoms with Crippen molar-refractivity contribution in [1.82, 2.24) is 10.6 Å². The van der Waals surface area contributed by atoms with Crippen LogP contribution in [0.3, 0.4) is 0 Å². The molecule has 0 bridgehead atoms. The minimum absolute atomic E-state index is 0.0798. The first-order valence-corrected chi connectivity index (χ1v) is 8.83. The Morgan fingerprint density at radius 3 is 2.64 bits per heavy atom. The maximum atomic E-state index is 12.1. The molecule has 5 nitrogen and oxygen atoms in total. The van der Waals surface area contributed by atoms with Crippen molar-refractivity contribution < 1.29 is 14.3 Å². The molecule has 0 saturated carbocycles. The number of nitrogens with one attached hydrogen (secondary N) is 2. The van der Waals surface area contributed by atoms with Crippen LogP contribution in [0.2, 0.25) is 0 Å². The maximum Gasteiger partial charge on any atom is 0.315 e. The SMILES string of the molecule is COc1ccc(OC)c(CCNC(=O)NC(C)c2cccc(Br)c2)c1. The minimum Gasteiger partial charge on any atom is -0.497 e. The van der Waals surface area contributed by atoms with Gasteiger partial charge in [-0.2, -0.15) is 0 Å². The Hall–Kier alpha value is -2.21. The van der Waals surface area contributed by atoms with Gasteiger partial charge in [0.2, 0.25) is 0 Å². The van der Waals surface area contributed by atoms with Crippen molar-refractivity contribution in [3.8, 4) is 11.5 Å². The monoisotopic (exact) mass is 406 g/mol. The Morgan fingerprint density at radius 1 is 1.16 bits per heavy atom. The van der Waals surface area contributed by atoms with Crippen LogP contribution < -0.4 is 20.1 Å². The second-order valence-corrected chi connectivity index (χ2v) is 6.52. The quantitative estimate of drug-likeness (QED) is 0.728. The highest BCUT2D eigenvalue weighted by Crippen LogP contribution is 2.24. The zero-order valence-electron chi connectivity index (χ0n) is 14.6. The van der Waals surface area contributed by atoms with Crippen LogP contribution in [0, 0.1) is 0 Å². The van der Waals surface area contributed by atoms with Gasteiger partial charge in [0, 0.05) is 11.0 Å². The summed E-state index contributed by atoms with van der Waals surface area (Å²) >= 11 is 3.44. The Morgan fingerprint density at radius 2 is 1.96 bits per heavy atom. The van der Waals surface area contributed by atoms with Crippen molar-refractivity contribution in [1.29, 1.82) is 0 Å². The molecule has 1 atom stereocenters. The van der Waals surface area contributed by atoms with Crippen molar-refractivity contribution in [3.05, 3.63) is 58.1 Å². The highest BCUT2D eigenvalue weighted by molar-refractivity contribution is 9.10. The van der Waals surface area contributed by atoms with Crippen molar-refractivity contribution in [2.45, 2.75) is 19.4 Å². The van der Waals surface area contributed by atoms with E-state index >= 15 is 0 Å². The molecule has 0 radical (unpaired) electrons. The summed E-state index contributed by atoms with van der Waals surface area (Å²) in [5.41, 5.74) is 2.03. The first-order chi connectivity index (χ1) is 12.0. The zero-order valence-corrected chi connectivity index (χ0v) is 16.2. The Balaban J connectivity index is 1.86. The number of hydrogen-bond donors (Lipinski definition) is 2. The number of urea groups is 1. The number of benzene rings is 2. The number of ether oxygens (including phenoxy) is 2. The molecular weight excluding hydrogens is 384 g/mol. The molecule has 0 aliphatic rings. The third-order valence-electron chi connectivity index (χ3n) is 3.86. The number of methoxy groups -OCH3 is 2. The molecule has 0 saturated heterocycles. The number of hydrogen-bond acceptors (Lipinski definition) is 3. The van der Waals surface area contributed by atoms with Crippen LogP contribution >= 0.6 is 15.9 Å². The van der Waals surface area contributed by atoms with Gasteiger partial charge in [-0.15, -0.1) is 0 Å². The fourth-order valence-corrected chi connectivity index (χ4v) is 2.91. The van der Waals surface area contributed by atoms with E-state index in [1.165, 1.54) is 0 Å². The topological polar surface area (TPSA) is 59.6 Å². The summed E-state index contributed by atoms with van der Waals surface area (Å²) in [7, 11) is 3.26. The van der Waals surface area contributed by atoms with Gasteiger partial charge in [0.15, 0.2) is 0 Å². The smallest absolute Gasteiger partial charge is 0.315 e. The second-order valence-electron chi connectivity index (χ2n) is 5.60. The van der Waals surface area contributed by atoms with Crippen LogP contribution in [-0.4, -0.2) is 26.8 Å². The molecule has 2 aromatic carbocycles. The van der Waals surface area contributed by atoms with Crippen molar-refractivity contribution in [2.75, 3.05) is 20.8 Å². The van der Waals surface area contributed by atoms with Gasteiger partial charge >= 0.3 is 6.03 Å². The average Bonchev–Trinajstić information content (AvgIpc) is 2.61. The number of carbonyl (C=O) groups is 1. The molecule has 2 rings (SSSR count). The molecule has 0 spiro atoms. The van der Waals surface area contributed by atoms with Gasteiger partial charge in [-0.3, -0.25) is 0 Å². The van der Waals surface area contributed by atoms with E-state index < -0.39 is 0 Å². The summed E-state index contributed by atoms with van der Waals surface area (Å²) in [6.07, 6.45) is 0.652. The van der Waals surface area contributed by atoms with Crippen molar-refractivity contribution >= 4 is 22.0 Å². The fraction of sp³-hybridized carbons (Fsp3) is 0.316. The van der Waals surface area contributed by atoms with Crippen LogP contribution in [0.4, 0.5) is 4.79 Å². The van der Waals surface area contributed by atoms with Gasteiger partial charge in [0.05, 0.1) is 20.3 Å². The number of halogens is 1. The lowest BCUT2D eigenvalue weighted by atomic mass is 10.1. The first-order valence-electron chi connectivity index (χ1n) is 8.04. The van der Waals surface area contributed by atoms with Gasteiger partial charge in [-0.25, -0.2) is 4.79 Å². The maximum absolute atomic E-state index is 12.1. The van der Waals surface area contributed by atoms with E-state index in [-0.39, 0.29) is 12.1 Å². The molecule has 0 aliphatic carbocycles. The predicted octanol–water partition coefficient (Wildman–Crippen LogP) is 4.07. The van der Waals surface area contributed by atoms with E-state index in [0.717, 1.165) is 27.1 Å². The molecule has 1 unspecified atom stereocenters. The predicted molar refractivity (Wildman–Crippen MR) is 102 cm³/mol. The van der Waals surface area contributed by atoms with Crippen molar-refractivity contribution in [3.63, 3.8) is 0 Å². The number of carbonyl (C=O) groups excluding carboxylic acids is 1. The van der Waals surface area contributed by atoms with Gasteiger partial charge in [-0.1, -0.05) is 28.1 Å². The lowest BCUT2D eigenvalue weighted by Gasteiger charge is -2.16. The molecule has 134 valence electrons. The second kappa shape index (κ2) is 9.32. The average molecular weight is 407 g/mol. The summed E-state index contributed by atoms with van der Waals surface area (Å²) in [4.78, 5) is 12.1. The van der Waals surface area contributed by atoms with E-state index in [0.29, 0.717) is 13.0 Å². The van der Waals surface area contributed by atoms with E-state index in [4.69, 9.17) is 9.47 Å². The Labute approximate surface area is 156 Å². The number of rotatable bonds is 7. The molecule has 0 aliphatic heterocycles. The summed E-state index contributed by atoms with van der Waals surface area (Å²) in [5.74, 6) is 1.55. The van der Waals surface area contributed by atoms with Crippen LogP contribution in [0.1, 0.15) is 24.1 Å². The van der Waals surface area contributed by atoms with E-state index in [1.807, 2.05) is 49.4 Å². The fourth-order valence-electron chi connectivity index (χ4n) is 2.49. The molecule has 0 aromatic heterocycles. The lowest BCUT2D eigenvalue weighted by Crippen LogP contribution is -2.38. The van der Waals surface area contributed by atoms with Crippen LogP contribution in [0.5, 0.6) is 11.5 Å². The lowest BCUT2D eigenvalue weighted by molar-refractivity contribution is 0.238. The van der Waals surface area contributed by atoms with Crippen molar-refractivity contribution in [2.24, 2.45) is 0 Å². The van der Waals surface area contributed by atoms with Crippen LogP contribution in [-0.2, 0) is 6.42 Å². The highest BCUT2D eigenvalue weighted by atomic mass is 79.9. The third-order valence-corrected chi connectivity index (χ3v) is 4.36. The molecule has 2 aromatic rings. The third kappa shape index (κ3) is 5.67. The van der Waals surface area contributed by atoms with Crippen LogP contribution in [0.15, 0.2) is 46.9 Å².